The summed E-state index contributed by atoms with van der Waals surface area (Å²) in [6.07, 6.45) is 4.78. The second-order valence-corrected chi connectivity index (χ2v) is 4.65. The maximum Gasteiger partial charge on any atom is 0.256 e. The fourth-order valence-corrected chi connectivity index (χ4v) is 2.22. The van der Waals surface area contributed by atoms with Gasteiger partial charge < -0.3 is 15.4 Å². The van der Waals surface area contributed by atoms with Gasteiger partial charge in [0.05, 0.1) is 11.9 Å². The van der Waals surface area contributed by atoms with E-state index in [0.29, 0.717) is 12.8 Å². The van der Waals surface area contributed by atoms with Crippen molar-refractivity contribution in [2.24, 2.45) is 0 Å². The zero-order valence-corrected chi connectivity index (χ0v) is 10.8. The first-order chi connectivity index (χ1) is 8.66. The van der Waals surface area contributed by atoms with Crippen LogP contribution in [0, 0.1) is 6.92 Å². The van der Waals surface area contributed by atoms with Crippen molar-refractivity contribution in [3.63, 3.8) is 0 Å². The van der Waals surface area contributed by atoms with Crippen molar-refractivity contribution in [1.82, 2.24) is 10.3 Å². The Balaban J connectivity index is 2.10. The Morgan fingerprint density at radius 3 is 2.78 bits per heavy atom. The lowest BCUT2D eigenvalue weighted by atomic mass is 9.91. The number of aromatic nitrogens is 1. The number of hydrogen-bond donors (Lipinski definition) is 2. The van der Waals surface area contributed by atoms with Crippen LogP contribution in [0.5, 0.6) is 0 Å². The lowest BCUT2D eigenvalue weighted by molar-refractivity contribution is -0.140. The fraction of sp³-hybridized carbons (Fsp3) is 0.538. The van der Waals surface area contributed by atoms with Gasteiger partial charge in [-0.2, -0.15) is 0 Å². The largest absolute Gasteiger partial charge is 0.368 e. The first kappa shape index (κ1) is 13.0. The summed E-state index contributed by atoms with van der Waals surface area (Å²) in [5.41, 5.74) is 1.02. The van der Waals surface area contributed by atoms with Gasteiger partial charge in [0, 0.05) is 13.3 Å². The van der Waals surface area contributed by atoms with Crippen molar-refractivity contribution in [2.75, 3.05) is 25.5 Å². The van der Waals surface area contributed by atoms with Crippen LogP contribution in [0.15, 0.2) is 18.5 Å². The molecule has 2 N–H and O–H groups in total. The second kappa shape index (κ2) is 5.46. The van der Waals surface area contributed by atoms with Crippen molar-refractivity contribution in [1.29, 1.82) is 0 Å². The number of piperidine rings is 1. The zero-order chi connectivity index (χ0) is 13.0. The molecule has 98 valence electrons. The lowest BCUT2D eigenvalue weighted by Gasteiger charge is -2.34. The molecule has 0 atom stereocenters. The van der Waals surface area contributed by atoms with Crippen LogP contribution in [0.2, 0.25) is 0 Å². The fourth-order valence-electron chi connectivity index (χ4n) is 2.22. The number of rotatable bonds is 3. The maximum atomic E-state index is 12.3. The Bertz CT molecular complexity index is 428. The predicted octanol–water partition coefficient (Wildman–Crippen LogP) is 1.10. The Morgan fingerprint density at radius 1 is 1.44 bits per heavy atom. The van der Waals surface area contributed by atoms with Crippen LogP contribution in [-0.2, 0) is 9.53 Å². The number of nitrogens with one attached hydrogen (secondary N) is 2. The standard InChI is InChI=1S/C13H19N3O2/c1-10-7-11(9-15-8-10)16-12(17)13(18-2)3-5-14-6-4-13/h7-9,14H,3-6H2,1-2H3,(H,16,17). The zero-order valence-electron chi connectivity index (χ0n) is 10.8. The van der Waals surface area contributed by atoms with Crippen molar-refractivity contribution in [3.8, 4) is 0 Å². The Morgan fingerprint density at radius 2 is 2.17 bits per heavy atom. The summed E-state index contributed by atoms with van der Waals surface area (Å²) in [6, 6.07) is 1.90. The highest BCUT2D eigenvalue weighted by molar-refractivity contribution is 5.97. The van der Waals surface area contributed by atoms with Gasteiger partial charge in [-0.15, -0.1) is 0 Å². The average Bonchev–Trinajstić information content (AvgIpc) is 2.39. The molecule has 0 bridgehead atoms. The molecule has 0 radical (unpaired) electrons. The molecular formula is C13H19N3O2. The molecule has 1 saturated heterocycles. The van der Waals surface area contributed by atoms with Crippen molar-refractivity contribution in [3.05, 3.63) is 24.0 Å². The van der Waals surface area contributed by atoms with E-state index < -0.39 is 5.60 Å². The van der Waals surface area contributed by atoms with E-state index in [1.807, 2.05) is 13.0 Å². The van der Waals surface area contributed by atoms with Gasteiger partial charge in [0.2, 0.25) is 0 Å². The minimum absolute atomic E-state index is 0.0844. The van der Waals surface area contributed by atoms with E-state index in [2.05, 4.69) is 15.6 Å². The van der Waals surface area contributed by atoms with Gasteiger partial charge in [-0.3, -0.25) is 9.78 Å². The van der Waals surface area contributed by atoms with Gasteiger partial charge in [-0.1, -0.05) is 0 Å². The van der Waals surface area contributed by atoms with Gasteiger partial charge in [0.15, 0.2) is 0 Å². The number of carbonyl (C=O) groups excluding carboxylic acids is 1. The molecule has 1 aliphatic heterocycles. The number of hydrogen-bond acceptors (Lipinski definition) is 4. The molecule has 0 saturated carbocycles. The van der Waals surface area contributed by atoms with Crippen LogP contribution < -0.4 is 10.6 Å². The molecule has 1 aliphatic rings. The number of amides is 1. The Kier molecular flexibility index (Phi) is 3.93. The van der Waals surface area contributed by atoms with E-state index in [9.17, 15) is 4.79 Å². The number of ether oxygens (including phenoxy) is 1. The van der Waals surface area contributed by atoms with E-state index in [-0.39, 0.29) is 5.91 Å². The van der Waals surface area contributed by atoms with Crippen LogP contribution in [0.3, 0.4) is 0 Å². The minimum Gasteiger partial charge on any atom is -0.368 e. The summed E-state index contributed by atoms with van der Waals surface area (Å²) in [4.78, 5) is 16.4. The van der Waals surface area contributed by atoms with Gasteiger partial charge in [-0.05, 0) is 44.5 Å². The quantitative estimate of drug-likeness (QED) is 0.842. The number of methoxy groups -OCH3 is 1. The molecule has 2 heterocycles. The smallest absolute Gasteiger partial charge is 0.256 e. The molecule has 0 aromatic carbocycles. The van der Waals surface area contributed by atoms with E-state index >= 15 is 0 Å². The van der Waals surface area contributed by atoms with Gasteiger partial charge in [-0.25, -0.2) is 0 Å². The third-order valence-electron chi connectivity index (χ3n) is 3.35. The van der Waals surface area contributed by atoms with E-state index in [1.165, 1.54) is 0 Å². The molecule has 5 heteroatoms. The highest BCUT2D eigenvalue weighted by Gasteiger charge is 2.39. The highest BCUT2D eigenvalue weighted by atomic mass is 16.5. The third-order valence-corrected chi connectivity index (χ3v) is 3.35. The molecule has 0 unspecified atom stereocenters. The summed E-state index contributed by atoms with van der Waals surface area (Å²) in [5.74, 6) is -0.0844. The number of pyridine rings is 1. The third kappa shape index (κ3) is 2.68. The van der Waals surface area contributed by atoms with Crippen LogP contribution in [-0.4, -0.2) is 36.7 Å². The number of carbonyl (C=O) groups is 1. The second-order valence-electron chi connectivity index (χ2n) is 4.65. The summed E-state index contributed by atoms with van der Waals surface area (Å²) in [5, 5.41) is 6.12. The van der Waals surface area contributed by atoms with Crippen LogP contribution >= 0.6 is 0 Å². The molecular weight excluding hydrogens is 230 g/mol. The first-order valence-corrected chi connectivity index (χ1v) is 6.15. The number of anilines is 1. The van der Waals surface area contributed by atoms with Crippen LogP contribution in [0.1, 0.15) is 18.4 Å². The van der Waals surface area contributed by atoms with Crippen LogP contribution in [0.4, 0.5) is 5.69 Å². The predicted molar refractivity (Wildman–Crippen MR) is 69.4 cm³/mol. The molecule has 1 amide bonds. The van der Waals surface area contributed by atoms with Crippen LogP contribution in [0.25, 0.3) is 0 Å². The summed E-state index contributed by atoms with van der Waals surface area (Å²) >= 11 is 0. The number of nitrogens with zero attached hydrogens (tertiary/aromatic N) is 1. The van der Waals surface area contributed by atoms with Crippen molar-refractivity contribution >= 4 is 11.6 Å². The van der Waals surface area contributed by atoms with Crippen molar-refractivity contribution < 1.29 is 9.53 Å². The SMILES string of the molecule is COC1(C(=O)Nc2cncc(C)c2)CCNCC1. The molecule has 1 fully saturated rings. The summed E-state index contributed by atoms with van der Waals surface area (Å²) < 4.78 is 5.47. The van der Waals surface area contributed by atoms with E-state index in [0.717, 1.165) is 24.3 Å². The highest BCUT2D eigenvalue weighted by Crippen LogP contribution is 2.24. The van der Waals surface area contributed by atoms with E-state index in [4.69, 9.17) is 4.74 Å². The molecule has 0 aliphatic carbocycles. The molecule has 1 aromatic heterocycles. The molecule has 5 nitrogen and oxygen atoms in total. The Labute approximate surface area is 107 Å². The number of aryl methyl sites for hydroxylation is 1. The molecule has 0 spiro atoms. The Hall–Kier alpha value is -1.46. The lowest BCUT2D eigenvalue weighted by Crippen LogP contribution is -2.51. The van der Waals surface area contributed by atoms with E-state index in [1.54, 1.807) is 19.5 Å². The normalized spacial score (nSPS) is 18.3. The molecule has 2 rings (SSSR count). The maximum absolute atomic E-state index is 12.3. The average molecular weight is 249 g/mol. The first-order valence-electron chi connectivity index (χ1n) is 6.15. The summed E-state index contributed by atoms with van der Waals surface area (Å²) in [6.45, 7) is 3.54. The minimum atomic E-state index is -0.713. The van der Waals surface area contributed by atoms with Gasteiger partial charge in [0.1, 0.15) is 5.60 Å². The molecule has 1 aromatic rings. The monoisotopic (exact) mass is 249 g/mol. The topological polar surface area (TPSA) is 63.2 Å². The summed E-state index contributed by atoms with van der Waals surface area (Å²) in [7, 11) is 1.60. The van der Waals surface area contributed by atoms with Gasteiger partial charge >= 0.3 is 0 Å². The van der Waals surface area contributed by atoms with Crippen molar-refractivity contribution in [2.45, 2.75) is 25.4 Å². The van der Waals surface area contributed by atoms with Gasteiger partial charge in [0.25, 0.3) is 5.91 Å². The molecule has 18 heavy (non-hydrogen) atoms.